The summed E-state index contributed by atoms with van der Waals surface area (Å²) < 4.78 is 6.30. The number of benzene rings is 1. The number of carbonyl (C=O) groups is 1. The number of rotatable bonds is 7. The highest BCUT2D eigenvalue weighted by Crippen LogP contribution is 2.39. The summed E-state index contributed by atoms with van der Waals surface area (Å²) in [7, 11) is 2.19. The van der Waals surface area contributed by atoms with Crippen LogP contribution in [0.15, 0.2) is 12.1 Å². The Morgan fingerprint density at radius 2 is 1.46 bits per heavy atom. The van der Waals surface area contributed by atoms with E-state index in [1.807, 2.05) is 0 Å². The molecule has 3 nitrogen and oxygen atoms in total. The van der Waals surface area contributed by atoms with Crippen LogP contribution in [0.5, 0.6) is 0 Å². The highest BCUT2D eigenvalue weighted by molar-refractivity contribution is 5.73. The lowest BCUT2D eigenvalue weighted by atomic mass is 9.75. The highest BCUT2D eigenvalue weighted by Gasteiger charge is 2.44. The predicted molar refractivity (Wildman–Crippen MR) is 150 cm³/mol. The molecule has 1 fully saturated rings. The second kappa shape index (κ2) is 10.6. The first-order valence-electron chi connectivity index (χ1n) is 13.9. The van der Waals surface area contributed by atoms with Gasteiger partial charge < -0.3 is 4.74 Å². The molecule has 0 radical (unpaired) electrons. The summed E-state index contributed by atoms with van der Waals surface area (Å²) in [4.78, 5) is 16.1. The van der Waals surface area contributed by atoms with E-state index in [-0.39, 0.29) is 39.9 Å². The van der Waals surface area contributed by atoms with Crippen LogP contribution in [0.3, 0.4) is 0 Å². The molecule has 0 N–H and O–H groups in total. The molecule has 0 amide bonds. The minimum atomic E-state index is -0.0934. The Labute approximate surface area is 217 Å². The van der Waals surface area contributed by atoms with Crippen molar-refractivity contribution in [2.45, 2.75) is 150 Å². The summed E-state index contributed by atoms with van der Waals surface area (Å²) in [6, 6.07) is 4.72. The molecule has 1 atom stereocenters. The Morgan fingerprint density at radius 3 is 1.86 bits per heavy atom. The number of esters is 1. The van der Waals surface area contributed by atoms with Gasteiger partial charge in [-0.15, -0.1) is 0 Å². The minimum absolute atomic E-state index is 0.00482. The van der Waals surface area contributed by atoms with Gasteiger partial charge in [-0.1, -0.05) is 73.4 Å². The molecule has 1 unspecified atom stereocenters. The number of hydrogen-bond acceptors (Lipinski definition) is 3. The second-order valence-corrected chi connectivity index (χ2v) is 14.5. The molecule has 0 saturated carbocycles. The van der Waals surface area contributed by atoms with Crippen LogP contribution in [0, 0.1) is 12.8 Å². The molecule has 3 heteroatoms. The number of hydrogen-bond donors (Lipinski definition) is 0. The van der Waals surface area contributed by atoms with Crippen molar-refractivity contribution in [3.8, 4) is 0 Å². The maximum atomic E-state index is 13.6. The van der Waals surface area contributed by atoms with Crippen molar-refractivity contribution in [1.82, 2.24) is 4.90 Å². The number of nitrogens with zero attached hydrogens (tertiary/aromatic N) is 1. The molecule has 0 aliphatic carbocycles. The smallest absolute Gasteiger partial charge is 0.309 e. The van der Waals surface area contributed by atoms with Crippen molar-refractivity contribution in [1.29, 1.82) is 0 Å². The van der Waals surface area contributed by atoms with Gasteiger partial charge in [0, 0.05) is 23.9 Å². The summed E-state index contributed by atoms with van der Waals surface area (Å²) in [6.45, 7) is 27.2. The van der Waals surface area contributed by atoms with Gasteiger partial charge in [0.1, 0.15) is 6.10 Å². The number of likely N-dealkylation sites (tertiary alicyclic amines) is 1. The number of ether oxygens (including phenoxy) is 1. The molecule has 35 heavy (non-hydrogen) atoms. The molecule has 0 spiro atoms. The van der Waals surface area contributed by atoms with E-state index in [9.17, 15) is 4.79 Å². The van der Waals surface area contributed by atoms with Crippen LogP contribution < -0.4 is 0 Å². The molecular weight excluding hydrogens is 430 g/mol. The standard InChI is InChI=1S/C32H55NO2/c1-14-15-16-24(28(34)35-25-20-31(9,10)33(13)32(11,12)21-25)17-23-18-26(29(3,4)5)22(2)27(19-23)30(6,7)8/h18-19,24-25H,14-17,20-21H2,1-13H3. The van der Waals surface area contributed by atoms with E-state index in [0.29, 0.717) is 0 Å². The van der Waals surface area contributed by atoms with E-state index < -0.39 is 0 Å². The zero-order valence-electron chi connectivity index (χ0n) is 25.3. The molecule has 1 saturated heterocycles. The summed E-state index contributed by atoms with van der Waals surface area (Å²) in [6.07, 6.45) is 5.52. The quantitative estimate of drug-likeness (QED) is 0.365. The van der Waals surface area contributed by atoms with E-state index >= 15 is 0 Å². The molecular formula is C32H55NO2. The van der Waals surface area contributed by atoms with E-state index in [0.717, 1.165) is 38.5 Å². The number of unbranched alkanes of at least 4 members (excludes halogenated alkanes) is 1. The molecule has 1 heterocycles. The zero-order valence-corrected chi connectivity index (χ0v) is 25.3. The van der Waals surface area contributed by atoms with Crippen LogP contribution in [-0.2, 0) is 26.8 Å². The fourth-order valence-electron chi connectivity index (χ4n) is 6.11. The topological polar surface area (TPSA) is 29.5 Å². The largest absolute Gasteiger partial charge is 0.462 e. The first kappa shape index (κ1) is 29.9. The second-order valence-electron chi connectivity index (χ2n) is 14.5. The Morgan fingerprint density at radius 1 is 1.00 bits per heavy atom. The molecule has 200 valence electrons. The molecule has 1 aromatic rings. The third kappa shape index (κ3) is 7.34. The lowest BCUT2D eigenvalue weighted by Gasteiger charge is -2.53. The molecule has 1 aliphatic heterocycles. The van der Waals surface area contributed by atoms with Gasteiger partial charge in [-0.3, -0.25) is 9.69 Å². The van der Waals surface area contributed by atoms with Crippen LogP contribution in [0.25, 0.3) is 0 Å². The average molecular weight is 486 g/mol. The number of piperidine rings is 1. The maximum Gasteiger partial charge on any atom is 0.309 e. The first-order chi connectivity index (χ1) is 15.8. The zero-order chi connectivity index (χ0) is 27.0. The summed E-state index contributed by atoms with van der Waals surface area (Å²) >= 11 is 0. The molecule has 1 aromatic carbocycles. The average Bonchev–Trinajstić information content (AvgIpc) is 2.67. The molecule has 0 bridgehead atoms. The van der Waals surface area contributed by atoms with Crippen LogP contribution in [0.2, 0.25) is 0 Å². The van der Waals surface area contributed by atoms with Crippen LogP contribution in [-0.4, -0.2) is 35.1 Å². The Hall–Kier alpha value is -1.35. The van der Waals surface area contributed by atoms with E-state index in [4.69, 9.17) is 4.74 Å². The maximum absolute atomic E-state index is 13.6. The van der Waals surface area contributed by atoms with Crippen molar-refractivity contribution >= 4 is 5.97 Å². The van der Waals surface area contributed by atoms with Crippen LogP contribution in [0.4, 0.5) is 0 Å². The van der Waals surface area contributed by atoms with Crippen molar-refractivity contribution in [2.75, 3.05) is 7.05 Å². The Balaban J connectivity index is 2.36. The summed E-state index contributed by atoms with van der Waals surface area (Å²) in [5.41, 5.74) is 5.57. The lowest BCUT2D eigenvalue weighted by Crippen LogP contribution is -2.60. The van der Waals surface area contributed by atoms with Crippen molar-refractivity contribution in [3.63, 3.8) is 0 Å². The van der Waals surface area contributed by atoms with Gasteiger partial charge in [-0.05, 0) is 87.6 Å². The van der Waals surface area contributed by atoms with Gasteiger partial charge >= 0.3 is 5.97 Å². The fraction of sp³-hybridized carbons (Fsp3) is 0.781. The SMILES string of the molecule is CCCCC(Cc1cc(C(C)(C)C)c(C)c(C(C)(C)C)c1)C(=O)OC1CC(C)(C)N(C)C(C)(C)C1. The van der Waals surface area contributed by atoms with Crippen molar-refractivity contribution in [3.05, 3.63) is 34.4 Å². The summed E-state index contributed by atoms with van der Waals surface area (Å²) in [5.74, 6) is -0.0982. The van der Waals surface area contributed by atoms with Gasteiger partial charge in [0.05, 0.1) is 5.92 Å². The van der Waals surface area contributed by atoms with E-state index in [2.05, 4.69) is 107 Å². The van der Waals surface area contributed by atoms with Gasteiger partial charge in [0.2, 0.25) is 0 Å². The third-order valence-corrected chi connectivity index (χ3v) is 8.36. The first-order valence-corrected chi connectivity index (χ1v) is 13.9. The third-order valence-electron chi connectivity index (χ3n) is 8.36. The van der Waals surface area contributed by atoms with Gasteiger partial charge in [-0.25, -0.2) is 0 Å². The normalized spacial score (nSPS) is 20.0. The van der Waals surface area contributed by atoms with Gasteiger partial charge in [0.15, 0.2) is 0 Å². The Bertz CT molecular complexity index is 829. The minimum Gasteiger partial charge on any atom is -0.462 e. The summed E-state index contributed by atoms with van der Waals surface area (Å²) in [5, 5.41) is 0. The Kier molecular flexibility index (Phi) is 9.02. The van der Waals surface area contributed by atoms with E-state index in [1.165, 1.54) is 22.3 Å². The number of carbonyl (C=O) groups excluding carboxylic acids is 1. The molecule has 0 aromatic heterocycles. The predicted octanol–water partition coefficient (Wildman–Crippen LogP) is 8.13. The van der Waals surface area contributed by atoms with Gasteiger partial charge in [0.25, 0.3) is 0 Å². The van der Waals surface area contributed by atoms with Crippen molar-refractivity contribution in [2.24, 2.45) is 5.92 Å². The molecule has 2 rings (SSSR count). The van der Waals surface area contributed by atoms with Crippen LogP contribution in [0.1, 0.15) is 131 Å². The molecule has 1 aliphatic rings. The fourth-order valence-corrected chi connectivity index (χ4v) is 6.11. The van der Waals surface area contributed by atoms with Crippen molar-refractivity contribution < 1.29 is 9.53 Å². The van der Waals surface area contributed by atoms with Gasteiger partial charge in [-0.2, -0.15) is 0 Å². The lowest BCUT2D eigenvalue weighted by molar-refractivity contribution is -0.164. The van der Waals surface area contributed by atoms with E-state index in [1.54, 1.807) is 0 Å². The monoisotopic (exact) mass is 485 g/mol. The highest BCUT2D eigenvalue weighted by atomic mass is 16.5. The van der Waals surface area contributed by atoms with Crippen LogP contribution >= 0.6 is 0 Å².